The average molecular weight is 733 g/mol. The normalized spacial score (nSPS) is 10.9. The van der Waals surface area contributed by atoms with Crippen LogP contribution < -0.4 is 14.4 Å². The number of aliphatic carboxylic acids is 1. The molecule has 4 aromatic carbocycles. The van der Waals surface area contributed by atoms with E-state index in [-0.39, 0.29) is 25.5 Å². The fourth-order valence-corrected chi connectivity index (χ4v) is 6.20. The van der Waals surface area contributed by atoms with Crippen LogP contribution in [0.25, 0.3) is 44.8 Å². The number of amides is 1. The van der Waals surface area contributed by atoms with E-state index in [9.17, 15) is 14.7 Å². The first-order chi connectivity index (χ1) is 26.3. The molecule has 54 heavy (non-hydrogen) atoms. The summed E-state index contributed by atoms with van der Waals surface area (Å²) in [5.41, 5.74) is 7.91. The van der Waals surface area contributed by atoms with E-state index in [0.29, 0.717) is 31.1 Å². The van der Waals surface area contributed by atoms with Gasteiger partial charge in [-0.3, -0.25) is 9.59 Å². The molecule has 0 bridgehead atoms. The predicted octanol–water partition coefficient (Wildman–Crippen LogP) is 8.89. The van der Waals surface area contributed by atoms with Gasteiger partial charge >= 0.3 is 5.97 Å². The fourth-order valence-electron chi connectivity index (χ4n) is 6.20. The molecule has 0 aliphatic rings. The minimum absolute atomic E-state index is 0.102. The van der Waals surface area contributed by atoms with Crippen LogP contribution in [0.1, 0.15) is 58.9 Å². The topological polar surface area (TPSA) is 137 Å². The van der Waals surface area contributed by atoms with Crippen LogP contribution in [0.4, 0.5) is 5.69 Å². The molecule has 0 unspecified atom stereocenters. The Morgan fingerprint density at radius 2 is 1.28 bits per heavy atom. The van der Waals surface area contributed by atoms with Crippen LogP contribution in [-0.2, 0) is 9.59 Å². The zero-order valence-corrected chi connectivity index (χ0v) is 32.0. The van der Waals surface area contributed by atoms with Gasteiger partial charge in [-0.1, -0.05) is 33.8 Å². The van der Waals surface area contributed by atoms with Gasteiger partial charge in [0, 0.05) is 43.0 Å². The number of carbonyl (C=O) groups is 2. The third-order valence-electron chi connectivity index (χ3n) is 8.86. The Labute approximate surface area is 317 Å². The van der Waals surface area contributed by atoms with Gasteiger partial charge in [-0.25, -0.2) is 9.97 Å². The van der Waals surface area contributed by atoms with Crippen LogP contribution in [0.5, 0.6) is 11.5 Å². The second-order valence-electron chi connectivity index (χ2n) is 12.9. The van der Waals surface area contributed by atoms with E-state index in [4.69, 9.17) is 19.4 Å². The van der Waals surface area contributed by atoms with Gasteiger partial charge in [0.05, 0.1) is 35.1 Å². The molecule has 0 radical (unpaired) electrons. The molecule has 6 aromatic rings. The number of carbonyl (C=O) groups excluding carboxylic acids is 1. The number of aromatic amines is 2. The van der Waals surface area contributed by atoms with Gasteiger partial charge in [0.25, 0.3) is 5.91 Å². The molecular weight excluding hydrogens is 681 g/mol. The summed E-state index contributed by atoms with van der Waals surface area (Å²) >= 11 is 0. The van der Waals surface area contributed by atoms with Gasteiger partial charge in [-0.05, 0) is 111 Å². The van der Waals surface area contributed by atoms with E-state index in [1.54, 1.807) is 0 Å². The summed E-state index contributed by atoms with van der Waals surface area (Å²) in [5.74, 6) is 1.62. The number of hydrogen-bond acceptors (Lipinski definition) is 7. The molecule has 0 fully saturated rings. The zero-order chi connectivity index (χ0) is 38.5. The third-order valence-corrected chi connectivity index (χ3v) is 8.86. The minimum atomic E-state index is -0.958. The monoisotopic (exact) mass is 732 g/mol. The quantitative estimate of drug-likeness (QED) is 0.0746. The highest BCUT2D eigenvalue weighted by Gasteiger charge is 2.16. The second-order valence-corrected chi connectivity index (χ2v) is 12.9. The third kappa shape index (κ3) is 10.4. The standard InChI is InChI=1S/C41H46N6O5.C2H6/c1-4-20-46(21-5-2)31-11-15-33(16-12-31)52-27-38(48)47(23-19-39(49)50)22-6-24-51-32-13-8-29(9-14-32)40-42-35-18-10-30(26-37(35)45-40)41-43-34-17-7-28(3)25-36(34)44-41;1-2/h7-18,25-26H,4-6,19-24,27H2,1-3H3,(H,42,45)(H,43,44)(H,49,50);1-2H3. The lowest BCUT2D eigenvalue weighted by Gasteiger charge is -2.24. The maximum atomic E-state index is 13.1. The second kappa shape index (κ2) is 19.3. The Morgan fingerprint density at radius 3 is 1.93 bits per heavy atom. The first kappa shape index (κ1) is 39.4. The molecule has 0 aliphatic heterocycles. The van der Waals surface area contributed by atoms with Gasteiger partial charge in [-0.15, -0.1) is 0 Å². The van der Waals surface area contributed by atoms with E-state index < -0.39 is 5.97 Å². The minimum Gasteiger partial charge on any atom is -0.494 e. The van der Waals surface area contributed by atoms with Crippen molar-refractivity contribution >= 4 is 39.6 Å². The SMILES string of the molecule is CC.CCCN(CCC)c1ccc(OCC(=O)N(CCCOc2ccc(-c3nc4ccc(-c5nc6ccc(C)cc6[nH]5)cc4[nH]3)cc2)CCC(=O)O)cc1. The number of rotatable bonds is 18. The van der Waals surface area contributed by atoms with Gasteiger partial charge in [0.2, 0.25) is 0 Å². The first-order valence-corrected chi connectivity index (χ1v) is 19.0. The van der Waals surface area contributed by atoms with Crippen LogP contribution in [-0.4, -0.2) is 81.2 Å². The van der Waals surface area contributed by atoms with Crippen molar-refractivity contribution in [2.75, 3.05) is 44.3 Å². The molecule has 0 spiro atoms. The van der Waals surface area contributed by atoms with Crippen molar-refractivity contribution in [1.29, 1.82) is 0 Å². The Morgan fingerprint density at radius 1 is 0.704 bits per heavy atom. The maximum absolute atomic E-state index is 13.1. The van der Waals surface area contributed by atoms with Crippen molar-refractivity contribution in [3.63, 3.8) is 0 Å². The molecule has 11 nitrogen and oxygen atoms in total. The number of fused-ring (bicyclic) bond motifs is 2. The van der Waals surface area contributed by atoms with Crippen molar-refractivity contribution in [3.05, 3.63) is 90.5 Å². The Hall–Kier alpha value is -5.84. The molecule has 284 valence electrons. The summed E-state index contributed by atoms with van der Waals surface area (Å²) in [6.45, 7) is 13.0. The molecule has 0 saturated heterocycles. The molecule has 0 aliphatic carbocycles. The number of ether oxygens (including phenoxy) is 2. The van der Waals surface area contributed by atoms with E-state index in [1.807, 2.05) is 80.6 Å². The molecule has 6 rings (SSSR count). The number of nitrogens with zero attached hydrogens (tertiary/aromatic N) is 4. The van der Waals surface area contributed by atoms with Crippen molar-refractivity contribution < 1.29 is 24.2 Å². The Bertz CT molecular complexity index is 2100. The number of hydrogen-bond donors (Lipinski definition) is 3. The summed E-state index contributed by atoms with van der Waals surface area (Å²) in [7, 11) is 0. The van der Waals surface area contributed by atoms with Crippen LogP contribution >= 0.6 is 0 Å². The summed E-state index contributed by atoms with van der Waals surface area (Å²) in [6, 6.07) is 27.7. The number of benzene rings is 4. The molecule has 11 heteroatoms. The lowest BCUT2D eigenvalue weighted by Crippen LogP contribution is -2.37. The molecule has 0 saturated carbocycles. The number of H-pyrrole nitrogens is 2. The number of anilines is 1. The molecule has 2 heterocycles. The molecule has 3 N–H and O–H groups in total. The molecule has 1 amide bonds. The Kier molecular flexibility index (Phi) is 14.1. The number of carboxylic acid groups (broad SMARTS) is 1. The van der Waals surface area contributed by atoms with Crippen molar-refractivity contribution in [1.82, 2.24) is 24.8 Å². The number of nitrogens with one attached hydrogen (secondary N) is 2. The lowest BCUT2D eigenvalue weighted by molar-refractivity contribution is -0.139. The van der Waals surface area contributed by atoms with E-state index >= 15 is 0 Å². The summed E-state index contributed by atoms with van der Waals surface area (Å²) < 4.78 is 11.8. The van der Waals surface area contributed by atoms with Crippen molar-refractivity contribution in [3.8, 4) is 34.3 Å². The van der Waals surface area contributed by atoms with Gasteiger partial charge in [0.1, 0.15) is 23.1 Å². The number of carboxylic acids is 1. The van der Waals surface area contributed by atoms with Gasteiger partial charge in [-0.2, -0.15) is 0 Å². The van der Waals surface area contributed by atoms with E-state index in [1.165, 1.54) is 10.5 Å². The van der Waals surface area contributed by atoms with Crippen LogP contribution in [0, 0.1) is 6.92 Å². The zero-order valence-electron chi connectivity index (χ0n) is 32.0. The Balaban J connectivity index is 0.00000276. The maximum Gasteiger partial charge on any atom is 0.305 e. The first-order valence-electron chi connectivity index (χ1n) is 19.0. The highest BCUT2D eigenvalue weighted by Crippen LogP contribution is 2.28. The van der Waals surface area contributed by atoms with Crippen molar-refractivity contribution in [2.24, 2.45) is 0 Å². The van der Waals surface area contributed by atoms with Gasteiger partial charge < -0.3 is 34.3 Å². The van der Waals surface area contributed by atoms with Crippen LogP contribution in [0.3, 0.4) is 0 Å². The highest BCUT2D eigenvalue weighted by atomic mass is 16.5. The molecule has 0 atom stereocenters. The fraction of sp³-hybridized carbons (Fsp3) is 0.349. The predicted molar refractivity (Wildman–Crippen MR) is 216 cm³/mol. The van der Waals surface area contributed by atoms with Crippen molar-refractivity contribution in [2.45, 2.75) is 60.3 Å². The van der Waals surface area contributed by atoms with Crippen LogP contribution in [0.2, 0.25) is 0 Å². The molecule has 2 aromatic heterocycles. The van der Waals surface area contributed by atoms with E-state index in [0.717, 1.165) is 76.5 Å². The summed E-state index contributed by atoms with van der Waals surface area (Å²) in [4.78, 5) is 44.6. The summed E-state index contributed by atoms with van der Waals surface area (Å²) in [5, 5.41) is 9.25. The lowest BCUT2D eigenvalue weighted by atomic mass is 10.2. The van der Waals surface area contributed by atoms with Crippen LogP contribution in [0.15, 0.2) is 84.9 Å². The summed E-state index contributed by atoms with van der Waals surface area (Å²) in [6.07, 6.45) is 2.51. The van der Waals surface area contributed by atoms with Gasteiger partial charge in [0.15, 0.2) is 6.61 Å². The van der Waals surface area contributed by atoms with E-state index in [2.05, 4.69) is 53.8 Å². The largest absolute Gasteiger partial charge is 0.494 e. The molecular formula is C43H52N6O5. The number of aryl methyl sites for hydroxylation is 1. The smallest absolute Gasteiger partial charge is 0.305 e. The number of imidazole rings is 2. The highest BCUT2D eigenvalue weighted by molar-refractivity contribution is 5.86. The number of aromatic nitrogens is 4. The average Bonchev–Trinajstić information content (AvgIpc) is 3.82.